The highest BCUT2D eigenvalue weighted by atomic mass is 35.5. The standard InChI is InChI=1S/C22H28N2OS.ClH/c1-17-3-2-4-18(13-17)5-6-21(25)24(15-19-7-12-26-16-19)20-14-22(20)8-10-23-11-9-22;/h2-4,7,12-13,16,20,23H,5-6,8-11,14-15H2,1H3;1H. The Morgan fingerprint density at radius 2 is 2.07 bits per heavy atom. The average molecular weight is 405 g/mol. The van der Waals surface area contributed by atoms with E-state index < -0.39 is 0 Å². The second-order valence-corrected chi connectivity index (χ2v) is 8.75. The molecule has 2 heterocycles. The molecule has 1 spiro atoms. The first-order chi connectivity index (χ1) is 12.7. The zero-order chi connectivity index (χ0) is 18.0. The predicted molar refractivity (Wildman–Crippen MR) is 115 cm³/mol. The lowest BCUT2D eigenvalue weighted by molar-refractivity contribution is -0.133. The molecule has 2 aliphatic rings. The number of aryl methyl sites for hydroxylation is 2. The van der Waals surface area contributed by atoms with Gasteiger partial charge in [0, 0.05) is 19.0 Å². The van der Waals surface area contributed by atoms with Crippen molar-refractivity contribution in [3.05, 3.63) is 57.8 Å². The van der Waals surface area contributed by atoms with Gasteiger partial charge in [0.15, 0.2) is 0 Å². The number of hydrogen-bond donors (Lipinski definition) is 1. The van der Waals surface area contributed by atoms with Crippen LogP contribution >= 0.6 is 23.7 Å². The molecule has 5 heteroatoms. The van der Waals surface area contributed by atoms with E-state index in [2.05, 4.69) is 58.2 Å². The van der Waals surface area contributed by atoms with Crippen LogP contribution in [0.2, 0.25) is 0 Å². The fourth-order valence-electron chi connectivity index (χ4n) is 4.44. The number of halogens is 1. The van der Waals surface area contributed by atoms with Gasteiger partial charge in [-0.1, -0.05) is 29.8 Å². The van der Waals surface area contributed by atoms with Crippen molar-refractivity contribution in [2.75, 3.05) is 13.1 Å². The van der Waals surface area contributed by atoms with Gasteiger partial charge < -0.3 is 10.2 Å². The molecule has 4 rings (SSSR count). The molecular weight excluding hydrogens is 376 g/mol. The van der Waals surface area contributed by atoms with Crippen molar-refractivity contribution in [3.8, 4) is 0 Å². The Hall–Kier alpha value is -1.36. The molecule has 1 unspecified atom stereocenters. The molecule has 2 aromatic rings. The van der Waals surface area contributed by atoms with Gasteiger partial charge in [-0.15, -0.1) is 12.4 Å². The summed E-state index contributed by atoms with van der Waals surface area (Å²) in [5, 5.41) is 7.75. The topological polar surface area (TPSA) is 32.3 Å². The number of nitrogens with zero attached hydrogens (tertiary/aromatic N) is 1. The van der Waals surface area contributed by atoms with Crippen LogP contribution in [0.3, 0.4) is 0 Å². The van der Waals surface area contributed by atoms with E-state index in [0.29, 0.717) is 23.8 Å². The Balaban J connectivity index is 0.00000210. The number of carbonyl (C=O) groups excluding carboxylic acids is 1. The number of nitrogens with one attached hydrogen (secondary N) is 1. The highest BCUT2D eigenvalue weighted by molar-refractivity contribution is 7.07. The summed E-state index contributed by atoms with van der Waals surface area (Å²) in [6.45, 7) is 5.08. The Morgan fingerprint density at radius 1 is 1.26 bits per heavy atom. The second-order valence-electron chi connectivity index (χ2n) is 7.97. The van der Waals surface area contributed by atoms with Gasteiger partial charge in [0.1, 0.15) is 0 Å². The summed E-state index contributed by atoms with van der Waals surface area (Å²) in [6.07, 6.45) is 5.06. The minimum atomic E-state index is 0. The van der Waals surface area contributed by atoms with E-state index in [1.807, 2.05) is 0 Å². The van der Waals surface area contributed by atoms with Crippen LogP contribution < -0.4 is 5.32 Å². The maximum atomic E-state index is 13.1. The van der Waals surface area contributed by atoms with Crippen LogP contribution in [0.15, 0.2) is 41.1 Å². The van der Waals surface area contributed by atoms with Crippen molar-refractivity contribution in [2.45, 2.75) is 51.6 Å². The normalized spacial score (nSPS) is 20.1. The third-order valence-corrected chi connectivity index (χ3v) is 6.82. The van der Waals surface area contributed by atoms with Gasteiger partial charge in [-0.05, 0) is 79.1 Å². The smallest absolute Gasteiger partial charge is 0.223 e. The first-order valence-electron chi connectivity index (χ1n) is 9.73. The van der Waals surface area contributed by atoms with E-state index >= 15 is 0 Å². The predicted octanol–water partition coefficient (Wildman–Crippen LogP) is 4.58. The summed E-state index contributed by atoms with van der Waals surface area (Å²) in [7, 11) is 0. The van der Waals surface area contributed by atoms with E-state index in [-0.39, 0.29) is 12.4 Å². The monoisotopic (exact) mass is 404 g/mol. The highest BCUT2D eigenvalue weighted by Crippen LogP contribution is 2.56. The number of hydrogen-bond acceptors (Lipinski definition) is 3. The van der Waals surface area contributed by atoms with Crippen LogP contribution in [-0.4, -0.2) is 29.9 Å². The van der Waals surface area contributed by atoms with Crippen LogP contribution in [0, 0.1) is 12.3 Å². The first-order valence-corrected chi connectivity index (χ1v) is 10.7. The SMILES string of the molecule is Cc1cccc(CCC(=O)N(Cc2ccsc2)C2CC23CCNCC3)c1.Cl. The minimum Gasteiger partial charge on any atom is -0.335 e. The lowest BCUT2D eigenvalue weighted by Crippen LogP contribution is -2.39. The summed E-state index contributed by atoms with van der Waals surface area (Å²) in [5.41, 5.74) is 4.19. The molecule has 1 amide bonds. The molecule has 2 fully saturated rings. The summed E-state index contributed by atoms with van der Waals surface area (Å²) < 4.78 is 0. The maximum Gasteiger partial charge on any atom is 0.223 e. The van der Waals surface area contributed by atoms with Crippen LogP contribution in [-0.2, 0) is 17.8 Å². The van der Waals surface area contributed by atoms with Gasteiger partial charge in [-0.3, -0.25) is 4.79 Å². The van der Waals surface area contributed by atoms with E-state index in [1.165, 1.54) is 36.0 Å². The van der Waals surface area contributed by atoms with E-state index in [0.717, 1.165) is 26.1 Å². The Morgan fingerprint density at radius 3 is 2.78 bits per heavy atom. The minimum absolute atomic E-state index is 0. The molecular formula is C22H29ClN2OS. The molecule has 27 heavy (non-hydrogen) atoms. The number of thiophene rings is 1. The van der Waals surface area contributed by atoms with Crippen molar-refractivity contribution in [1.29, 1.82) is 0 Å². The van der Waals surface area contributed by atoms with Gasteiger partial charge in [0.25, 0.3) is 0 Å². The molecule has 1 aromatic carbocycles. The molecule has 3 nitrogen and oxygen atoms in total. The average Bonchev–Trinajstić information content (AvgIpc) is 3.07. The zero-order valence-electron chi connectivity index (χ0n) is 15.9. The number of carbonyl (C=O) groups is 1. The maximum absolute atomic E-state index is 13.1. The number of benzene rings is 1. The molecule has 1 N–H and O–H groups in total. The first kappa shape index (κ1) is 20.4. The van der Waals surface area contributed by atoms with Gasteiger partial charge in [0.2, 0.25) is 5.91 Å². The Bertz CT molecular complexity index is 755. The van der Waals surface area contributed by atoms with Crippen LogP contribution in [0.25, 0.3) is 0 Å². The van der Waals surface area contributed by atoms with Gasteiger partial charge in [-0.2, -0.15) is 11.3 Å². The van der Waals surface area contributed by atoms with Crippen molar-refractivity contribution in [1.82, 2.24) is 10.2 Å². The lowest BCUT2D eigenvalue weighted by Gasteiger charge is -2.29. The highest BCUT2D eigenvalue weighted by Gasteiger charge is 2.57. The molecule has 0 bridgehead atoms. The van der Waals surface area contributed by atoms with Gasteiger partial charge in [-0.25, -0.2) is 0 Å². The molecule has 1 saturated carbocycles. The fourth-order valence-corrected chi connectivity index (χ4v) is 5.10. The second kappa shape index (κ2) is 8.76. The summed E-state index contributed by atoms with van der Waals surface area (Å²) in [6, 6.07) is 11.1. The summed E-state index contributed by atoms with van der Waals surface area (Å²) in [4.78, 5) is 15.3. The molecule has 0 radical (unpaired) electrons. The zero-order valence-corrected chi connectivity index (χ0v) is 17.6. The van der Waals surface area contributed by atoms with E-state index in [4.69, 9.17) is 0 Å². The molecule has 1 atom stereocenters. The molecule has 1 aliphatic carbocycles. The number of rotatable bonds is 6. The van der Waals surface area contributed by atoms with Crippen LogP contribution in [0.4, 0.5) is 0 Å². The van der Waals surface area contributed by atoms with Crippen LogP contribution in [0.5, 0.6) is 0 Å². The lowest BCUT2D eigenvalue weighted by atomic mass is 9.93. The molecule has 1 aromatic heterocycles. The fraction of sp³-hybridized carbons (Fsp3) is 0.500. The van der Waals surface area contributed by atoms with Gasteiger partial charge in [0.05, 0.1) is 0 Å². The molecule has 146 valence electrons. The Labute approximate surface area is 172 Å². The summed E-state index contributed by atoms with van der Waals surface area (Å²) >= 11 is 1.72. The van der Waals surface area contributed by atoms with E-state index in [1.54, 1.807) is 11.3 Å². The van der Waals surface area contributed by atoms with E-state index in [9.17, 15) is 4.79 Å². The molecule has 1 saturated heterocycles. The van der Waals surface area contributed by atoms with Gasteiger partial charge >= 0.3 is 0 Å². The third-order valence-electron chi connectivity index (χ3n) is 6.09. The Kier molecular flexibility index (Phi) is 6.61. The van der Waals surface area contributed by atoms with Crippen molar-refractivity contribution >= 4 is 29.7 Å². The van der Waals surface area contributed by atoms with Crippen molar-refractivity contribution < 1.29 is 4.79 Å². The molecule has 1 aliphatic heterocycles. The summed E-state index contributed by atoms with van der Waals surface area (Å²) in [5.74, 6) is 0.318. The van der Waals surface area contributed by atoms with Crippen LogP contribution in [0.1, 0.15) is 42.4 Å². The number of amides is 1. The quantitative estimate of drug-likeness (QED) is 0.764. The largest absolute Gasteiger partial charge is 0.335 e. The number of piperidine rings is 1. The third kappa shape index (κ3) is 4.74. The van der Waals surface area contributed by atoms with Crippen molar-refractivity contribution in [3.63, 3.8) is 0 Å². The van der Waals surface area contributed by atoms with Crippen molar-refractivity contribution in [2.24, 2.45) is 5.41 Å².